The Morgan fingerprint density at radius 2 is 2.04 bits per heavy atom. The van der Waals surface area contributed by atoms with E-state index in [2.05, 4.69) is 10.4 Å². The van der Waals surface area contributed by atoms with Gasteiger partial charge >= 0.3 is 0 Å². The number of carbonyl (C=O) groups is 1. The molecule has 3 aromatic rings. The number of hydrogen-bond acceptors (Lipinski definition) is 3. The third-order valence-electron chi connectivity index (χ3n) is 3.86. The average molecular weight is 323 g/mol. The van der Waals surface area contributed by atoms with Gasteiger partial charge in [-0.25, -0.2) is 4.68 Å². The lowest BCUT2D eigenvalue weighted by atomic mass is 10.2. The summed E-state index contributed by atoms with van der Waals surface area (Å²) in [5.41, 5.74) is 2.05. The first kappa shape index (κ1) is 16.1. The normalized spacial score (nSPS) is 12.1. The first-order valence-corrected chi connectivity index (χ1v) is 8.06. The van der Waals surface area contributed by atoms with Crippen LogP contribution >= 0.6 is 0 Å². The van der Waals surface area contributed by atoms with Gasteiger partial charge in [0, 0.05) is 12.6 Å². The number of hydrogen-bond donors (Lipinski definition) is 1. The Morgan fingerprint density at radius 3 is 2.75 bits per heavy atom. The Kier molecular flexibility index (Phi) is 4.79. The molecule has 1 N–H and O–H groups in total. The van der Waals surface area contributed by atoms with E-state index in [4.69, 9.17) is 4.42 Å². The fourth-order valence-electron chi connectivity index (χ4n) is 2.54. The van der Waals surface area contributed by atoms with E-state index in [1.54, 1.807) is 6.20 Å². The van der Waals surface area contributed by atoms with E-state index in [1.165, 1.54) is 0 Å². The molecule has 1 aromatic carbocycles. The van der Waals surface area contributed by atoms with E-state index >= 15 is 0 Å². The van der Waals surface area contributed by atoms with E-state index in [-0.39, 0.29) is 11.9 Å². The van der Waals surface area contributed by atoms with E-state index < -0.39 is 0 Å². The van der Waals surface area contributed by atoms with Gasteiger partial charge in [-0.15, -0.1) is 0 Å². The minimum Gasteiger partial charge on any atom is -0.464 e. The summed E-state index contributed by atoms with van der Waals surface area (Å²) in [7, 11) is 0. The summed E-state index contributed by atoms with van der Waals surface area (Å²) in [5, 5.41) is 7.30. The highest BCUT2D eigenvalue weighted by molar-refractivity contribution is 5.76. The topological polar surface area (TPSA) is 60.1 Å². The van der Waals surface area contributed by atoms with Gasteiger partial charge in [0.2, 0.25) is 5.91 Å². The number of benzene rings is 1. The molecule has 2 aromatic heterocycles. The molecule has 2 heterocycles. The van der Waals surface area contributed by atoms with Gasteiger partial charge in [0.25, 0.3) is 0 Å². The number of aryl methyl sites for hydroxylation is 2. The van der Waals surface area contributed by atoms with Crippen LogP contribution < -0.4 is 5.32 Å². The summed E-state index contributed by atoms with van der Waals surface area (Å²) in [4.78, 5) is 12.1. The molecule has 0 aliphatic rings. The van der Waals surface area contributed by atoms with Gasteiger partial charge in [-0.2, -0.15) is 5.10 Å². The highest BCUT2D eigenvalue weighted by atomic mass is 16.3. The Morgan fingerprint density at radius 1 is 1.25 bits per heavy atom. The number of amides is 1. The van der Waals surface area contributed by atoms with Crippen molar-refractivity contribution in [2.75, 3.05) is 0 Å². The molecule has 0 spiro atoms. The van der Waals surface area contributed by atoms with E-state index in [0.717, 1.165) is 22.8 Å². The number of carbonyl (C=O) groups excluding carboxylic acids is 1. The van der Waals surface area contributed by atoms with Crippen molar-refractivity contribution in [3.63, 3.8) is 0 Å². The first-order valence-electron chi connectivity index (χ1n) is 8.06. The molecule has 0 bridgehead atoms. The van der Waals surface area contributed by atoms with Crippen molar-refractivity contribution >= 4 is 5.91 Å². The monoisotopic (exact) mass is 323 g/mol. The lowest BCUT2D eigenvalue weighted by molar-refractivity contribution is -0.121. The molecule has 3 rings (SSSR count). The SMILES string of the molecule is Cc1ccc([C@H](C)NC(=O)CCc2cnn(-c3ccccc3)c2)o1. The Labute approximate surface area is 141 Å². The predicted molar refractivity (Wildman–Crippen MR) is 91.9 cm³/mol. The summed E-state index contributed by atoms with van der Waals surface area (Å²) in [6.07, 6.45) is 4.84. The lowest BCUT2D eigenvalue weighted by Crippen LogP contribution is -2.26. The van der Waals surface area contributed by atoms with Crippen LogP contribution in [-0.2, 0) is 11.2 Å². The molecule has 5 nitrogen and oxygen atoms in total. The van der Waals surface area contributed by atoms with Crippen molar-refractivity contribution in [3.05, 3.63) is 71.9 Å². The van der Waals surface area contributed by atoms with Gasteiger partial charge in [-0.1, -0.05) is 18.2 Å². The molecular weight excluding hydrogens is 302 g/mol. The fraction of sp³-hybridized carbons (Fsp3) is 0.263. The Hall–Kier alpha value is -2.82. The zero-order chi connectivity index (χ0) is 16.9. The number of nitrogens with zero attached hydrogens (tertiary/aromatic N) is 2. The molecule has 0 aliphatic heterocycles. The zero-order valence-corrected chi connectivity index (χ0v) is 13.9. The van der Waals surface area contributed by atoms with Crippen LogP contribution in [0.5, 0.6) is 0 Å². The second-order valence-corrected chi connectivity index (χ2v) is 5.87. The fourth-order valence-corrected chi connectivity index (χ4v) is 2.54. The maximum atomic E-state index is 12.1. The van der Waals surface area contributed by atoms with Crippen LogP contribution in [-0.4, -0.2) is 15.7 Å². The van der Waals surface area contributed by atoms with E-state index in [0.29, 0.717) is 12.8 Å². The van der Waals surface area contributed by atoms with Gasteiger partial charge in [0.05, 0.1) is 17.9 Å². The van der Waals surface area contributed by atoms with Crippen LogP contribution in [0.1, 0.15) is 36.5 Å². The molecular formula is C19H21N3O2. The van der Waals surface area contributed by atoms with Gasteiger partial charge in [-0.05, 0) is 50.1 Å². The molecule has 0 unspecified atom stereocenters. The Balaban J connectivity index is 1.52. The van der Waals surface area contributed by atoms with Crippen LogP contribution in [0.15, 0.2) is 59.3 Å². The van der Waals surface area contributed by atoms with Crippen molar-refractivity contribution in [2.45, 2.75) is 32.7 Å². The predicted octanol–water partition coefficient (Wildman–Crippen LogP) is 3.58. The van der Waals surface area contributed by atoms with Crippen molar-refractivity contribution in [1.29, 1.82) is 0 Å². The highest BCUT2D eigenvalue weighted by Crippen LogP contribution is 2.16. The van der Waals surface area contributed by atoms with Crippen molar-refractivity contribution < 1.29 is 9.21 Å². The molecule has 0 saturated carbocycles. The number of para-hydroxylation sites is 1. The lowest BCUT2D eigenvalue weighted by Gasteiger charge is -2.11. The molecule has 0 fully saturated rings. The molecule has 1 atom stereocenters. The second-order valence-electron chi connectivity index (χ2n) is 5.87. The summed E-state index contributed by atoms with van der Waals surface area (Å²) in [6.45, 7) is 3.81. The first-order chi connectivity index (χ1) is 11.6. The molecule has 5 heteroatoms. The maximum absolute atomic E-state index is 12.1. The minimum atomic E-state index is -0.127. The van der Waals surface area contributed by atoms with Crippen LogP contribution in [0.2, 0.25) is 0 Å². The number of furan rings is 1. The van der Waals surface area contributed by atoms with Gasteiger partial charge in [0.15, 0.2) is 0 Å². The van der Waals surface area contributed by atoms with Crippen LogP contribution in [0.3, 0.4) is 0 Å². The van der Waals surface area contributed by atoms with Crippen molar-refractivity contribution in [3.8, 4) is 5.69 Å². The molecule has 0 saturated heterocycles. The molecule has 0 radical (unpaired) electrons. The molecule has 124 valence electrons. The minimum absolute atomic E-state index is 0.00372. The molecule has 24 heavy (non-hydrogen) atoms. The summed E-state index contributed by atoms with van der Waals surface area (Å²) in [6, 6.07) is 13.6. The van der Waals surface area contributed by atoms with Crippen LogP contribution in [0.4, 0.5) is 0 Å². The average Bonchev–Trinajstić information content (AvgIpc) is 3.23. The van der Waals surface area contributed by atoms with Crippen LogP contribution in [0, 0.1) is 6.92 Å². The quantitative estimate of drug-likeness (QED) is 0.754. The van der Waals surface area contributed by atoms with Crippen LogP contribution in [0.25, 0.3) is 5.69 Å². The summed E-state index contributed by atoms with van der Waals surface area (Å²) in [5.74, 6) is 1.63. The Bertz CT molecular complexity index is 805. The molecule has 1 amide bonds. The second kappa shape index (κ2) is 7.17. The third kappa shape index (κ3) is 3.93. The zero-order valence-electron chi connectivity index (χ0n) is 13.9. The number of rotatable bonds is 6. The van der Waals surface area contributed by atoms with E-state index in [1.807, 2.05) is 67.2 Å². The smallest absolute Gasteiger partial charge is 0.220 e. The summed E-state index contributed by atoms with van der Waals surface area (Å²) >= 11 is 0. The standard InChI is InChI=1S/C19H21N3O2/c1-14-8-10-18(24-14)15(2)21-19(23)11-9-16-12-20-22(13-16)17-6-4-3-5-7-17/h3-8,10,12-13,15H,9,11H2,1-2H3,(H,21,23)/t15-/m0/s1. The number of nitrogens with one attached hydrogen (secondary N) is 1. The van der Waals surface area contributed by atoms with Gasteiger partial charge in [0.1, 0.15) is 11.5 Å². The van der Waals surface area contributed by atoms with Crippen molar-refractivity contribution in [2.24, 2.45) is 0 Å². The number of aromatic nitrogens is 2. The summed E-state index contributed by atoms with van der Waals surface area (Å²) < 4.78 is 7.35. The maximum Gasteiger partial charge on any atom is 0.220 e. The molecule has 0 aliphatic carbocycles. The highest BCUT2D eigenvalue weighted by Gasteiger charge is 2.13. The van der Waals surface area contributed by atoms with Gasteiger partial charge < -0.3 is 9.73 Å². The van der Waals surface area contributed by atoms with E-state index in [9.17, 15) is 4.79 Å². The van der Waals surface area contributed by atoms with Gasteiger partial charge in [-0.3, -0.25) is 4.79 Å². The third-order valence-corrected chi connectivity index (χ3v) is 3.86. The van der Waals surface area contributed by atoms with Crippen molar-refractivity contribution in [1.82, 2.24) is 15.1 Å². The largest absolute Gasteiger partial charge is 0.464 e.